The van der Waals surface area contributed by atoms with Gasteiger partial charge in [0.2, 0.25) is 5.91 Å². The molecule has 0 aliphatic heterocycles. The Hall–Kier alpha value is -1.05. The van der Waals surface area contributed by atoms with Crippen LogP contribution in [0.1, 0.15) is 71.6 Å². The molecule has 0 aromatic carbocycles. The van der Waals surface area contributed by atoms with E-state index in [4.69, 9.17) is 0 Å². The molecule has 1 aliphatic rings. The third-order valence-electron chi connectivity index (χ3n) is 3.87. The van der Waals surface area contributed by atoms with Crippen molar-refractivity contribution < 1.29 is 4.79 Å². The Labute approximate surface area is 131 Å². The monoisotopic (exact) mass is 291 g/mol. The standard InChI is InChI=1S/C19H33NO/c1-3-5-6-7-8-9-10-11-12-13-17-20(16-4-2)19(21)18-14-15-18/h8-9,12-13,18H,3-7,10-11,14-17H2,1-2H3. The molecule has 1 fully saturated rings. The molecule has 0 unspecified atom stereocenters. The molecule has 0 atom stereocenters. The molecule has 0 aromatic rings. The lowest BCUT2D eigenvalue weighted by molar-refractivity contribution is -0.132. The van der Waals surface area contributed by atoms with E-state index in [9.17, 15) is 4.79 Å². The van der Waals surface area contributed by atoms with Crippen LogP contribution < -0.4 is 0 Å². The fraction of sp³-hybridized carbons (Fsp3) is 0.737. The van der Waals surface area contributed by atoms with Crippen molar-refractivity contribution in [2.24, 2.45) is 5.92 Å². The minimum atomic E-state index is 0.344. The Bertz CT molecular complexity index is 328. The minimum absolute atomic E-state index is 0.344. The first kappa shape index (κ1) is 18.0. The van der Waals surface area contributed by atoms with E-state index in [2.05, 4.69) is 38.2 Å². The predicted octanol–water partition coefficient (Wildman–Crippen LogP) is 5.11. The molecule has 2 nitrogen and oxygen atoms in total. The largest absolute Gasteiger partial charge is 0.339 e. The van der Waals surface area contributed by atoms with Crippen LogP contribution in [0.5, 0.6) is 0 Å². The number of unbranched alkanes of at least 4 members (excludes halogenated alkanes) is 4. The Morgan fingerprint density at radius 3 is 2.24 bits per heavy atom. The molecule has 0 saturated heterocycles. The number of hydrogen-bond acceptors (Lipinski definition) is 1. The molecule has 0 bridgehead atoms. The summed E-state index contributed by atoms with van der Waals surface area (Å²) < 4.78 is 0. The van der Waals surface area contributed by atoms with Crippen LogP contribution in [0.15, 0.2) is 24.3 Å². The van der Waals surface area contributed by atoms with Crippen molar-refractivity contribution in [1.29, 1.82) is 0 Å². The van der Waals surface area contributed by atoms with Gasteiger partial charge in [-0.15, -0.1) is 0 Å². The molecule has 0 spiro atoms. The third-order valence-corrected chi connectivity index (χ3v) is 3.87. The highest BCUT2D eigenvalue weighted by Gasteiger charge is 2.32. The van der Waals surface area contributed by atoms with Gasteiger partial charge in [0, 0.05) is 19.0 Å². The fourth-order valence-corrected chi connectivity index (χ4v) is 2.41. The van der Waals surface area contributed by atoms with Gasteiger partial charge in [-0.3, -0.25) is 4.79 Å². The van der Waals surface area contributed by atoms with E-state index in [1.165, 1.54) is 25.7 Å². The first-order valence-corrected chi connectivity index (χ1v) is 8.88. The molecular formula is C19H33NO. The van der Waals surface area contributed by atoms with Gasteiger partial charge < -0.3 is 4.90 Å². The van der Waals surface area contributed by atoms with E-state index in [1.54, 1.807) is 0 Å². The maximum Gasteiger partial charge on any atom is 0.225 e. The van der Waals surface area contributed by atoms with Gasteiger partial charge in [-0.2, -0.15) is 0 Å². The number of carbonyl (C=O) groups excluding carboxylic acids is 1. The smallest absolute Gasteiger partial charge is 0.225 e. The molecule has 1 aliphatic carbocycles. The summed E-state index contributed by atoms with van der Waals surface area (Å²) in [6, 6.07) is 0. The summed E-state index contributed by atoms with van der Waals surface area (Å²) in [6.45, 7) is 6.07. The Balaban J connectivity index is 2.09. The maximum absolute atomic E-state index is 12.1. The summed E-state index contributed by atoms with van der Waals surface area (Å²) >= 11 is 0. The average Bonchev–Trinajstić information content (AvgIpc) is 3.32. The first-order chi connectivity index (χ1) is 10.3. The van der Waals surface area contributed by atoms with Crippen molar-refractivity contribution in [3.05, 3.63) is 24.3 Å². The summed E-state index contributed by atoms with van der Waals surface area (Å²) in [5, 5.41) is 0. The van der Waals surface area contributed by atoms with Crippen molar-refractivity contribution in [3.8, 4) is 0 Å². The molecule has 2 heteroatoms. The Morgan fingerprint density at radius 1 is 0.952 bits per heavy atom. The number of rotatable bonds is 12. The number of allylic oxidation sites excluding steroid dienone is 3. The summed E-state index contributed by atoms with van der Waals surface area (Å²) in [7, 11) is 0. The van der Waals surface area contributed by atoms with Crippen LogP contribution in [0, 0.1) is 5.92 Å². The van der Waals surface area contributed by atoms with Crippen LogP contribution in [-0.4, -0.2) is 23.9 Å². The van der Waals surface area contributed by atoms with Gasteiger partial charge in [0.25, 0.3) is 0 Å². The van der Waals surface area contributed by atoms with Gasteiger partial charge in [0.15, 0.2) is 0 Å². The lowest BCUT2D eigenvalue weighted by Gasteiger charge is -2.20. The molecule has 0 N–H and O–H groups in total. The Morgan fingerprint density at radius 2 is 1.62 bits per heavy atom. The van der Waals surface area contributed by atoms with E-state index in [1.807, 2.05) is 4.90 Å². The molecule has 21 heavy (non-hydrogen) atoms. The number of hydrogen-bond donors (Lipinski definition) is 0. The van der Waals surface area contributed by atoms with Crippen molar-refractivity contribution >= 4 is 5.91 Å². The quantitative estimate of drug-likeness (QED) is 0.361. The molecule has 0 radical (unpaired) electrons. The zero-order valence-electron chi connectivity index (χ0n) is 14.0. The zero-order valence-corrected chi connectivity index (χ0v) is 14.0. The van der Waals surface area contributed by atoms with E-state index in [-0.39, 0.29) is 0 Å². The van der Waals surface area contributed by atoms with E-state index < -0.39 is 0 Å². The summed E-state index contributed by atoms with van der Waals surface area (Å²) in [5.41, 5.74) is 0. The molecule has 0 heterocycles. The van der Waals surface area contributed by atoms with Crippen molar-refractivity contribution in [2.75, 3.05) is 13.1 Å². The molecule has 120 valence electrons. The molecule has 1 saturated carbocycles. The van der Waals surface area contributed by atoms with Crippen LogP contribution in [0.3, 0.4) is 0 Å². The third kappa shape index (κ3) is 8.75. The van der Waals surface area contributed by atoms with E-state index >= 15 is 0 Å². The maximum atomic E-state index is 12.1. The van der Waals surface area contributed by atoms with Gasteiger partial charge in [-0.05, 0) is 44.9 Å². The highest BCUT2D eigenvalue weighted by molar-refractivity contribution is 5.81. The van der Waals surface area contributed by atoms with Gasteiger partial charge in [-0.25, -0.2) is 0 Å². The lowest BCUT2D eigenvalue weighted by Crippen LogP contribution is -2.33. The van der Waals surface area contributed by atoms with Gasteiger partial charge in [0.1, 0.15) is 0 Å². The first-order valence-electron chi connectivity index (χ1n) is 8.88. The normalized spacial score (nSPS) is 15.1. The second-order valence-electron chi connectivity index (χ2n) is 6.07. The van der Waals surface area contributed by atoms with Crippen molar-refractivity contribution in [1.82, 2.24) is 4.90 Å². The average molecular weight is 291 g/mol. The van der Waals surface area contributed by atoms with E-state index in [0.29, 0.717) is 11.8 Å². The van der Waals surface area contributed by atoms with Gasteiger partial charge >= 0.3 is 0 Å². The summed E-state index contributed by atoms with van der Waals surface area (Å²) in [5.74, 6) is 0.716. The zero-order chi connectivity index (χ0) is 15.3. The molecule has 1 rings (SSSR count). The van der Waals surface area contributed by atoms with Gasteiger partial charge in [0.05, 0.1) is 0 Å². The van der Waals surface area contributed by atoms with Crippen molar-refractivity contribution in [2.45, 2.75) is 71.6 Å². The summed E-state index contributed by atoms with van der Waals surface area (Å²) in [4.78, 5) is 14.1. The minimum Gasteiger partial charge on any atom is -0.339 e. The molecular weight excluding hydrogens is 258 g/mol. The van der Waals surface area contributed by atoms with Crippen LogP contribution in [0.25, 0.3) is 0 Å². The highest BCUT2D eigenvalue weighted by atomic mass is 16.2. The topological polar surface area (TPSA) is 20.3 Å². The second-order valence-corrected chi connectivity index (χ2v) is 6.07. The Kier molecular flexibility index (Phi) is 9.94. The molecule has 0 aromatic heterocycles. The second kappa shape index (κ2) is 11.6. The number of amides is 1. The highest BCUT2D eigenvalue weighted by Crippen LogP contribution is 2.31. The van der Waals surface area contributed by atoms with Crippen LogP contribution in [0.2, 0.25) is 0 Å². The fourth-order valence-electron chi connectivity index (χ4n) is 2.41. The number of nitrogens with zero attached hydrogens (tertiary/aromatic N) is 1. The van der Waals surface area contributed by atoms with Crippen molar-refractivity contribution in [3.63, 3.8) is 0 Å². The van der Waals surface area contributed by atoms with Crippen LogP contribution in [-0.2, 0) is 4.79 Å². The van der Waals surface area contributed by atoms with Crippen LogP contribution in [0.4, 0.5) is 0 Å². The summed E-state index contributed by atoms with van der Waals surface area (Å²) in [6.07, 6.45) is 19.6. The lowest BCUT2D eigenvalue weighted by atomic mass is 10.2. The predicted molar refractivity (Wildman–Crippen MR) is 91.3 cm³/mol. The van der Waals surface area contributed by atoms with Crippen LogP contribution >= 0.6 is 0 Å². The number of carbonyl (C=O) groups is 1. The SMILES string of the molecule is CCCCCC=CCCC=CCN(CCC)C(=O)C1CC1. The van der Waals surface area contributed by atoms with E-state index in [0.717, 1.165) is 45.2 Å². The molecule has 1 amide bonds. The van der Waals surface area contributed by atoms with Gasteiger partial charge in [-0.1, -0.05) is 51.0 Å².